The highest BCUT2D eigenvalue weighted by molar-refractivity contribution is 7.12. The Morgan fingerprint density at radius 1 is 1.38 bits per heavy atom. The van der Waals surface area contributed by atoms with Crippen molar-refractivity contribution in [3.05, 3.63) is 21.4 Å². The number of rotatable bonds is 1. The van der Waals surface area contributed by atoms with E-state index in [0.717, 1.165) is 4.88 Å². The van der Waals surface area contributed by atoms with Crippen molar-refractivity contribution in [2.75, 3.05) is 0 Å². The topological polar surface area (TPSA) is 20.2 Å². The van der Waals surface area contributed by atoms with E-state index in [-0.39, 0.29) is 5.56 Å². The zero-order valence-electron chi connectivity index (χ0n) is 7.14. The molecule has 0 spiro atoms. The van der Waals surface area contributed by atoms with Gasteiger partial charge in [0, 0.05) is 15.3 Å². The molecule has 74 valence electrons. The molecule has 1 N–H and O–H groups in total. The van der Waals surface area contributed by atoms with Gasteiger partial charge in [0.2, 0.25) is 0 Å². The van der Waals surface area contributed by atoms with Crippen molar-refractivity contribution < 1.29 is 18.3 Å². The SMILES string of the molecule is Cc1cc(C(O)C(F)(F)F)c(C)s1. The standard InChI is InChI=1S/C8H9F3OS/c1-4-3-6(5(2)13-4)7(12)8(9,10)11/h3,7,12H,1-2H3. The van der Waals surface area contributed by atoms with Crippen molar-refractivity contribution in [1.82, 2.24) is 0 Å². The average molecular weight is 210 g/mol. The molecule has 0 radical (unpaired) electrons. The molecule has 1 aromatic heterocycles. The number of thiophene rings is 1. The maximum absolute atomic E-state index is 12.1. The number of hydrogen-bond acceptors (Lipinski definition) is 2. The Labute approximate surface area is 77.8 Å². The van der Waals surface area contributed by atoms with E-state index in [1.807, 2.05) is 0 Å². The Balaban J connectivity index is 3.01. The molecule has 0 aliphatic heterocycles. The highest BCUT2D eigenvalue weighted by Gasteiger charge is 2.40. The molecule has 5 heteroatoms. The van der Waals surface area contributed by atoms with Crippen LogP contribution in [0.15, 0.2) is 6.07 Å². The lowest BCUT2D eigenvalue weighted by atomic mass is 10.1. The largest absolute Gasteiger partial charge is 0.418 e. The quantitative estimate of drug-likeness (QED) is 0.755. The third kappa shape index (κ3) is 2.22. The van der Waals surface area contributed by atoms with E-state index in [1.54, 1.807) is 13.8 Å². The number of halogens is 3. The molecule has 0 aromatic carbocycles. The Bertz CT molecular complexity index is 303. The Hall–Kier alpha value is -0.550. The maximum atomic E-state index is 12.1. The van der Waals surface area contributed by atoms with Gasteiger partial charge < -0.3 is 5.11 Å². The lowest BCUT2D eigenvalue weighted by Crippen LogP contribution is -2.20. The number of aliphatic hydroxyl groups excluding tert-OH is 1. The van der Waals surface area contributed by atoms with Crippen LogP contribution in [0.1, 0.15) is 21.4 Å². The summed E-state index contributed by atoms with van der Waals surface area (Å²) in [5.74, 6) is 0. The van der Waals surface area contributed by atoms with Crippen molar-refractivity contribution in [1.29, 1.82) is 0 Å². The van der Waals surface area contributed by atoms with Gasteiger partial charge in [0.15, 0.2) is 6.10 Å². The molecular formula is C8H9F3OS. The zero-order valence-corrected chi connectivity index (χ0v) is 7.96. The fourth-order valence-electron chi connectivity index (χ4n) is 1.10. The molecule has 1 unspecified atom stereocenters. The minimum absolute atomic E-state index is 0.0324. The molecule has 13 heavy (non-hydrogen) atoms. The summed E-state index contributed by atoms with van der Waals surface area (Å²) in [5, 5.41) is 8.93. The highest BCUT2D eigenvalue weighted by atomic mass is 32.1. The zero-order chi connectivity index (χ0) is 10.2. The van der Waals surface area contributed by atoms with Crippen LogP contribution in [-0.2, 0) is 0 Å². The van der Waals surface area contributed by atoms with Crippen molar-refractivity contribution in [2.24, 2.45) is 0 Å². The fourth-order valence-corrected chi connectivity index (χ4v) is 2.06. The van der Waals surface area contributed by atoms with Gasteiger partial charge in [-0.3, -0.25) is 0 Å². The van der Waals surface area contributed by atoms with Crippen molar-refractivity contribution in [3.8, 4) is 0 Å². The van der Waals surface area contributed by atoms with Crippen molar-refractivity contribution in [3.63, 3.8) is 0 Å². The second-order valence-corrected chi connectivity index (χ2v) is 4.27. The molecular weight excluding hydrogens is 201 g/mol. The van der Waals surface area contributed by atoms with Gasteiger partial charge in [0.25, 0.3) is 0 Å². The third-order valence-corrected chi connectivity index (χ3v) is 2.67. The molecule has 0 aliphatic rings. The summed E-state index contributed by atoms with van der Waals surface area (Å²) in [5.41, 5.74) is -0.0324. The Kier molecular flexibility index (Phi) is 2.68. The predicted molar refractivity (Wildman–Crippen MR) is 44.8 cm³/mol. The lowest BCUT2D eigenvalue weighted by molar-refractivity contribution is -0.206. The molecule has 0 amide bonds. The Morgan fingerprint density at radius 3 is 2.23 bits per heavy atom. The third-order valence-electron chi connectivity index (χ3n) is 1.68. The number of aliphatic hydroxyl groups is 1. The number of aryl methyl sites for hydroxylation is 2. The van der Waals surface area contributed by atoms with Gasteiger partial charge in [0.05, 0.1) is 0 Å². The van der Waals surface area contributed by atoms with Gasteiger partial charge in [-0.15, -0.1) is 11.3 Å². The van der Waals surface area contributed by atoms with Crippen LogP contribution >= 0.6 is 11.3 Å². The average Bonchev–Trinajstić information content (AvgIpc) is 2.26. The summed E-state index contributed by atoms with van der Waals surface area (Å²) < 4.78 is 36.2. The van der Waals surface area contributed by atoms with Gasteiger partial charge in [-0.2, -0.15) is 13.2 Å². The van der Waals surface area contributed by atoms with Crippen molar-refractivity contribution in [2.45, 2.75) is 26.1 Å². The first kappa shape index (κ1) is 10.5. The van der Waals surface area contributed by atoms with Gasteiger partial charge in [0.1, 0.15) is 0 Å². The van der Waals surface area contributed by atoms with Gasteiger partial charge in [-0.25, -0.2) is 0 Å². The number of hydrogen-bond donors (Lipinski definition) is 1. The van der Waals surface area contributed by atoms with Crippen LogP contribution in [0.5, 0.6) is 0 Å². The molecule has 1 nitrogen and oxygen atoms in total. The molecule has 1 heterocycles. The molecule has 0 fully saturated rings. The van der Waals surface area contributed by atoms with E-state index >= 15 is 0 Å². The van der Waals surface area contributed by atoms with Crippen LogP contribution in [0.25, 0.3) is 0 Å². The first-order valence-corrected chi connectivity index (χ1v) is 4.45. The van der Waals surface area contributed by atoms with E-state index in [4.69, 9.17) is 5.11 Å². The summed E-state index contributed by atoms with van der Waals surface area (Å²) >= 11 is 1.25. The van der Waals surface area contributed by atoms with Crippen LogP contribution in [0.2, 0.25) is 0 Å². The van der Waals surface area contributed by atoms with Crippen LogP contribution in [0.3, 0.4) is 0 Å². The molecule has 1 atom stereocenters. The fraction of sp³-hybridized carbons (Fsp3) is 0.500. The lowest BCUT2D eigenvalue weighted by Gasteiger charge is -2.13. The van der Waals surface area contributed by atoms with Gasteiger partial charge in [-0.05, 0) is 19.9 Å². The van der Waals surface area contributed by atoms with Crippen LogP contribution in [0.4, 0.5) is 13.2 Å². The normalized spacial score (nSPS) is 14.6. The second-order valence-electron chi connectivity index (χ2n) is 2.81. The molecule has 0 saturated heterocycles. The minimum atomic E-state index is -4.57. The second kappa shape index (κ2) is 3.31. The summed E-state index contributed by atoms with van der Waals surface area (Å²) in [6.07, 6.45) is -6.92. The minimum Gasteiger partial charge on any atom is -0.379 e. The smallest absolute Gasteiger partial charge is 0.379 e. The summed E-state index contributed by atoms with van der Waals surface area (Å²) in [6, 6.07) is 1.37. The van der Waals surface area contributed by atoms with Crippen LogP contribution in [0, 0.1) is 13.8 Å². The van der Waals surface area contributed by atoms with E-state index in [0.29, 0.717) is 4.88 Å². The van der Waals surface area contributed by atoms with E-state index in [1.165, 1.54) is 17.4 Å². The molecule has 1 aromatic rings. The molecule has 0 aliphatic carbocycles. The van der Waals surface area contributed by atoms with Crippen LogP contribution < -0.4 is 0 Å². The van der Waals surface area contributed by atoms with Crippen LogP contribution in [-0.4, -0.2) is 11.3 Å². The molecule has 1 rings (SSSR count). The van der Waals surface area contributed by atoms with E-state index < -0.39 is 12.3 Å². The first-order chi connectivity index (χ1) is 5.82. The highest BCUT2D eigenvalue weighted by Crippen LogP contribution is 2.36. The maximum Gasteiger partial charge on any atom is 0.418 e. The summed E-state index contributed by atoms with van der Waals surface area (Å²) in [7, 11) is 0. The number of alkyl halides is 3. The van der Waals surface area contributed by atoms with Gasteiger partial charge in [-0.1, -0.05) is 0 Å². The van der Waals surface area contributed by atoms with E-state index in [2.05, 4.69) is 0 Å². The first-order valence-electron chi connectivity index (χ1n) is 3.64. The van der Waals surface area contributed by atoms with Crippen molar-refractivity contribution >= 4 is 11.3 Å². The van der Waals surface area contributed by atoms with Gasteiger partial charge >= 0.3 is 6.18 Å². The summed E-state index contributed by atoms with van der Waals surface area (Å²) in [6.45, 7) is 3.28. The molecule has 0 saturated carbocycles. The molecule has 0 bridgehead atoms. The predicted octanol–water partition coefficient (Wildman–Crippen LogP) is 2.96. The summed E-state index contributed by atoms with van der Waals surface area (Å²) in [4.78, 5) is 1.29. The Morgan fingerprint density at radius 2 is 1.92 bits per heavy atom. The monoisotopic (exact) mass is 210 g/mol. The van der Waals surface area contributed by atoms with E-state index in [9.17, 15) is 13.2 Å².